The van der Waals surface area contributed by atoms with Crippen LogP contribution in [0.5, 0.6) is 0 Å². The lowest BCUT2D eigenvalue weighted by Gasteiger charge is -2.17. The van der Waals surface area contributed by atoms with Crippen LogP contribution in [0.4, 0.5) is 47.2 Å². The molecule has 212 valence electrons. The number of hydrogen-bond donors (Lipinski definition) is 3. The van der Waals surface area contributed by atoms with Gasteiger partial charge >= 0.3 is 18.6 Å². The maximum Gasteiger partial charge on any atom is 0.522 e. The normalized spacial score (nSPS) is 22.7. The van der Waals surface area contributed by atoms with Crippen molar-refractivity contribution >= 4 is 23.2 Å². The van der Waals surface area contributed by atoms with Gasteiger partial charge in [-0.2, -0.15) is 23.4 Å². The summed E-state index contributed by atoms with van der Waals surface area (Å²) in [6.07, 6.45) is -12.8. The standard InChI is InChI=1S/C21H20F7N7O4/c1-19(2-3-19)31-18(36)39-12-8-37-16(15(12)22)10-5-14(33-32-10)30-17-11-4-9(7-38-21(26,27)28)34-35(11)6-13(29-17)20(23,24)25/h4-6,12,15-16H,2-3,7-8H2,1H3,(H,31,36)(H2,29,30,32,33). The van der Waals surface area contributed by atoms with Crippen molar-refractivity contribution in [3.8, 4) is 0 Å². The number of alkyl carbamates (subject to hydrolysis) is 1. The van der Waals surface area contributed by atoms with Crippen LogP contribution in [0.25, 0.3) is 5.52 Å². The molecule has 5 rings (SSSR count). The average Bonchev–Trinajstić information content (AvgIpc) is 3.18. The van der Waals surface area contributed by atoms with Crippen molar-refractivity contribution in [1.82, 2.24) is 30.1 Å². The lowest BCUT2D eigenvalue weighted by atomic mass is 10.1. The predicted molar refractivity (Wildman–Crippen MR) is 115 cm³/mol. The summed E-state index contributed by atoms with van der Waals surface area (Å²) in [7, 11) is 0. The number of anilines is 2. The number of hydrogen-bond acceptors (Lipinski definition) is 8. The van der Waals surface area contributed by atoms with Crippen LogP contribution in [0.2, 0.25) is 0 Å². The van der Waals surface area contributed by atoms with Gasteiger partial charge in [0, 0.05) is 11.6 Å². The summed E-state index contributed by atoms with van der Waals surface area (Å²) in [5, 5.41) is 15.2. The number of carbonyl (C=O) groups is 1. The zero-order valence-electron chi connectivity index (χ0n) is 19.9. The number of rotatable bonds is 7. The number of halogens is 7. The Balaban J connectivity index is 1.32. The van der Waals surface area contributed by atoms with Crippen LogP contribution in [-0.4, -0.2) is 61.7 Å². The Bertz CT molecular complexity index is 1370. The SMILES string of the molecule is CC1(NC(=O)OC2COC(c3cc(Nc4nc(C(F)(F)F)cn5nc(COC(F)(F)F)cc45)n[nH]3)C2F)CC1. The maximum absolute atomic E-state index is 15.0. The number of nitrogens with zero attached hydrogens (tertiary/aromatic N) is 4. The lowest BCUT2D eigenvalue weighted by molar-refractivity contribution is -0.330. The van der Waals surface area contributed by atoms with Crippen molar-refractivity contribution in [3.05, 3.63) is 35.4 Å². The van der Waals surface area contributed by atoms with Gasteiger partial charge in [0.1, 0.15) is 18.2 Å². The number of H-pyrrole nitrogens is 1. The largest absolute Gasteiger partial charge is 0.522 e. The molecule has 0 aromatic carbocycles. The zero-order chi connectivity index (χ0) is 28.2. The van der Waals surface area contributed by atoms with Gasteiger partial charge in [0.2, 0.25) is 0 Å². The maximum atomic E-state index is 15.0. The smallest absolute Gasteiger partial charge is 0.441 e. The van der Waals surface area contributed by atoms with E-state index in [0.29, 0.717) is 10.7 Å². The topological polar surface area (TPSA) is 128 Å². The predicted octanol–water partition coefficient (Wildman–Crippen LogP) is 4.31. The molecule has 0 bridgehead atoms. The van der Waals surface area contributed by atoms with Gasteiger partial charge in [0.05, 0.1) is 24.2 Å². The highest BCUT2D eigenvalue weighted by Crippen LogP contribution is 2.37. The van der Waals surface area contributed by atoms with Gasteiger partial charge in [0.15, 0.2) is 29.6 Å². The van der Waals surface area contributed by atoms with E-state index in [-0.39, 0.29) is 34.9 Å². The molecular weight excluding hydrogens is 547 g/mol. The number of aromatic amines is 1. The molecule has 18 heteroatoms. The molecule has 1 saturated heterocycles. The summed E-state index contributed by atoms with van der Waals surface area (Å²) < 4.78 is 107. The number of aromatic nitrogens is 5. The minimum absolute atomic E-state index is 0.0847. The van der Waals surface area contributed by atoms with E-state index in [2.05, 4.69) is 35.7 Å². The molecule has 39 heavy (non-hydrogen) atoms. The molecule has 0 radical (unpaired) electrons. The number of alkyl halides is 7. The third-order valence-electron chi connectivity index (χ3n) is 6.08. The first-order valence-electron chi connectivity index (χ1n) is 11.4. The van der Waals surface area contributed by atoms with Crippen LogP contribution in [-0.2, 0) is 27.0 Å². The van der Waals surface area contributed by atoms with Gasteiger partial charge in [-0.15, -0.1) is 13.2 Å². The van der Waals surface area contributed by atoms with Crippen LogP contribution in [0.3, 0.4) is 0 Å². The van der Waals surface area contributed by atoms with Crippen molar-refractivity contribution < 1.29 is 49.7 Å². The summed E-state index contributed by atoms with van der Waals surface area (Å²) >= 11 is 0. The van der Waals surface area contributed by atoms with Gasteiger partial charge in [-0.25, -0.2) is 18.7 Å². The quantitative estimate of drug-likeness (QED) is 0.361. The first-order chi connectivity index (χ1) is 18.2. The van der Waals surface area contributed by atoms with Crippen molar-refractivity contribution in [2.75, 3.05) is 11.9 Å². The van der Waals surface area contributed by atoms with E-state index >= 15 is 0 Å². The number of ether oxygens (including phenoxy) is 3. The zero-order valence-corrected chi connectivity index (χ0v) is 19.9. The molecule has 2 fully saturated rings. The van der Waals surface area contributed by atoms with Crippen LogP contribution >= 0.6 is 0 Å². The van der Waals surface area contributed by atoms with Crippen molar-refractivity contribution in [1.29, 1.82) is 0 Å². The fourth-order valence-corrected chi connectivity index (χ4v) is 3.83. The molecule has 3 atom stereocenters. The monoisotopic (exact) mass is 567 g/mol. The second-order valence-corrected chi connectivity index (χ2v) is 9.33. The highest BCUT2D eigenvalue weighted by molar-refractivity contribution is 5.73. The first-order valence-corrected chi connectivity index (χ1v) is 11.4. The second-order valence-electron chi connectivity index (χ2n) is 9.33. The molecule has 1 saturated carbocycles. The molecule has 1 aliphatic heterocycles. The number of nitrogens with one attached hydrogen (secondary N) is 3. The summed E-state index contributed by atoms with van der Waals surface area (Å²) in [6, 6.07) is 2.30. The van der Waals surface area contributed by atoms with Crippen LogP contribution in [0.1, 0.15) is 43.0 Å². The Hall–Kier alpha value is -3.67. The molecule has 11 nitrogen and oxygen atoms in total. The fraction of sp³-hybridized carbons (Fsp3) is 0.524. The summed E-state index contributed by atoms with van der Waals surface area (Å²) in [5.41, 5.74) is -2.10. The summed E-state index contributed by atoms with van der Waals surface area (Å²) in [5.74, 6) is -0.545. The molecular formula is C21H20F7N7O4. The molecule has 3 N–H and O–H groups in total. The molecule has 1 aliphatic carbocycles. The number of fused-ring (bicyclic) bond motifs is 1. The minimum Gasteiger partial charge on any atom is -0.441 e. The average molecular weight is 567 g/mol. The molecule has 4 heterocycles. The van der Waals surface area contributed by atoms with Crippen LogP contribution in [0.15, 0.2) is 18.3 Å². The van der Waals surface area contributed by atoms with Gasteiger partial charge in [0.25, 0.3) is 0 Å². The summed E-state index contributed by atoms with van der Waals surface area (Å²) in [6.45, 7) is 0.532. The van der Waals surface area contributed by atoms with Gasteiger partial charge < -0.3 is 20.1 Å². The van der Waals surface area contributed by atoms with Gasteiger partial charge in [-0.3, -0.25) is 9.84 Å². The molecule has 3 aromatic heterocycles. The Labute approximate surface area is 214 Å². The fourth-order valence-electron chi connectivity index (χ4n) is 3.83. The molecule has 3 aromatic rings. The Morgan fingerprint density at radius 1 is 1.26 bits per heavy atom. The summed E-state index contributed by atoms with van der Waals surface area (Å²) in [4.78, 5) is 15.5. The van der Waals surface area contributed by atoms with Crippen LogP contribution < -0.4 is 10.6 Å². The Morgan fingerprint density at radius 3 is 2.67 bits per heavy atom. The minimum atomic E-state index is -4.97. The lowest BCUT2D eigenvalue weighted by Crippen LogP contribution is -2.39. The van der Waals surface area contributed by atoms with Crippen LogP contribution in [0, 0.1) is 0 Å². The van der Waals surface area contributed by atoms with E-state index in [0.717, 1.165) is 18.9 Å². The van der Waals surface area contributed by atoms with E-state index in [4.69, 9.17) is 9.47 Å². The van der Waals surface area contributed by atoms with E-state index in [1.54, 1.807) is 0 Å². The van der Waals surface area contributed by atoms with Crippen molar-refractivity contribution in [2.45, 2.75) is 62.8 Å². The number of amides is 1. The van der Waals surface area contributed by atoms with E-state index in [1.807, 2.05) is 6.92 Å². The second kappa shape index (κ2) is 9.51. The van der Waals surface area contributed by atoms with Crippen molar-refractivity contribution in [2.24, 2.45) is 0 Å². The van der Waals surface area contributed by atoms with Gasteiger partial charge in [-0.05, 0) is 25.8 Å². The highest BCUT2D eigenvalue weighted by atomic mass is 19.4. The highest BCUT2D eigenvalue weighted by Gasteiger charge is 2.44. The molecule has 2 aliphatic rings. The van der Waals surface area contributed by atoms with E-state index in [9.17, 15) is 35.5 Å². The third-order valence-corrected chi connectivity index (χ3v) is 6.08. The molecule has 0 spiro atoms. The van der Waals surface area contributed by atoms with E-state index in [1.165, 1.54) is 6.07 Å². The van der Waals surface area contributed by atoms with E-state index < -0.39 is 55.1 Å². The Kier molecular flexibility index (Phi) is 6.56. The number of carbonyl (C=O) groups excluding carboxylic acids is 1. The van der Waals surface area contributed by atoms with Crippen molar-refractivity contribution in [3.63, 3.8) is 0 Å². The first kappa shape index (κ1) is 26.9. The third kappa shape index (κ3) is 6.16. The van der Waals surface area contributed by atoms with Gasteiger partial charge in [-0.1, -0.05) is 0 Å². The Morgan fingerprint density at radius 2 is 2.00 bits per heavy atom. The molecule has 1 amide bonds. The molecule has 3 unspecified atom stereocenters.